The molecule has 78 valence electrons. The summed E-state index contributed by atoms with van der Waals surface area (Å²) in [6.45, 7) is 0.984. The number of hydrogen-bond acceptors (Lipinski definition) is 4. The average molecular weight is 219 g/mol. The summed E-state index contributed by atoms with van der Waals surface area (Å²) in [5, 5.41) is 3.07. The van der Waals surface area contributed by atoms with Gasteiger partial charge in [-0.25, -0.2) is 4.98 Å². The largest absolute Gasteiger partial charge is 0.351 e. The molecular formula is C11H13N3S. The summed E-state index contributed by atoms with van der Waals surface area (Å²) in [4.78, 5) is 10.4. The zero-order chi connectivity index (χ0) is 10.5. The second-order valence-electron chi connectivity index (χ2n) is 3.34. The van der Waals surface area contributed by atoms with Crippen molar-refractivity contribution < 1.29 is 0 Å². The van der Waals surface area contributed by atoms with Gasteiger partial charge in [-0.3, -0.25) is 4.98 Å². The molecule has 0 saturated heterocycles. The van der Waals surface area contributed by atoms with Crippen LogP contribution in [0.15, 0.2) is 36.1 Å². The molecule has 0 saturated carbocycles. The molecule has 2 heterocycles. The molecule has 0 amide bonds. The number of thiazole rings is 1. The van der Waals surface area contributed by atoms with E-state index >= 15 is 0 Å². The van der Waals surface area contributed by atoms with E-state index in [9.17, 15) is 0 Å². The molecule has 0 bridgehead atoms. The van der Waals surface area contributed by atoms with Crippen LogP contribution in [0.4, 0.5) is 5.13 Å². The topological polar surface area (TPSA) is 29.0 Å². The van der Waals surface area contributed by atoms with Gasteiger partial charge in [0.05, 0.1) is 0 Å². The first kappa shape index (κ1) is 10.1. The molecule has 0 N–H and O–H groups in total. The highest BCUT2D eigenvalue weighted by Crippen LogP contribution is 2.15. The van der Waals surface area contributed by atoms with Gasteiger partial charge < -0.3 is 4.90 Å². The Bertz CT molecular complexity index is 385. The highest BCUT2D eigenvalue weighted by atomic mass is 32.1. The van der Waals surface area contributed by atoms with Gasteiger partial charge in [0.15, 0.2) is 5.13 Å². The Hall–Kier alpha value is -1.42. The lowest BCUT2D eigenvalue weighted by Gasteiger charge is -2.15. The van der Waals surface area contributed by atoms with Crippen LogP contribution in [0.5, 0.6) is 0 Å². The fraction of sp³-hybridized carbons (Fsp3) is 0.273. The van der Waals surface area contributed by atoms with Crippen LogP contribution in [0, 0.1) is 0 Å². The lowest BCUT2D eigenvalue weighted by Crippen LogP contribution is -2.19. The number of rotatable bonds is 4. The second kappa shape index (κ2) is 4.89. The number of aromatic nitrogens is 2. The van der Waals surface area contributed by atoms with Crippen LogP contribution in [0.1, 0.15) is 5.56 Å². The number of anilines is 1. The van der Waals surface area contributed by atoms with Crippen LogP contribution >= 0.6 is 11.3 Å². The first-order valence-corrected chi connectivity index (χ1v) is 5.74. The third-order valence-corrected chi connectivity index (χ3v) is 3.12. The van der Waals surface area contributed by atoms with E-state index in [0.29, 0.717) is 0 Å². The van der Waals surface area contributed by atoms with Gasteiger partial charge in [0.1, 0.15) is 0 Å². The smallest absolute Gasteiger partial charge is 0.184 e. The first-order chi connectivity index (χ1) is 7.36. The van der Waals surface area contributed by atoms with E-state index in [1.165, 1.54) is 5.56 Å². The van der Waals surface area contributed by atoms with Crippen molar-refractivity contribution >= 4 is 16.5 Å². The normalized spacial score (nSPS) is 10.2. The molecule has 0 unspecified atom stereocenters. The Morgan fingerprint density at radius 1 is 1.27 bits per heavy atom. The second-order valence-corrected chi connectivity index (χ2v) is 4.21. The SMILES string of the molecule is CN(CCc1ccncc1)c1nccs1. The van der Waals surface area contributed by atoms with Gasteiger partial charge in [0.2, 0.25) is 0 Å². The fourth-order valence-corrected chi connectivity index (χ4v) is 1.98. The molecule has 2 aromatic heterocycles. The van der Waals surface area contributed by atoms with E-state index in [-0.39, 0.29) is 0 Å². The zero-order valence-corrected chi connectivity index (χ0v) is 9.44. The van der Waals surface area contributed by atoms with Crippen LogP contribution in [0.25, 0.3) is 0 Å². The van der Waals surface area contributed by atoms with E-state index in [4.69, 9.17) is 0 Å². The van der Waals surface area contributed by atoms with Gasteiger partial charge in [0.25, 0.3) is 0 Å². The Balaban J connectivity index is 1.89. The van der Waals surface area contributed by atoms with Gasteiger partial charge in [-0.15, -0.1) is 11.3 Å². The molecule has 15 heavy (non-hydrogen) atoms. The van der Waals surface area contributed by atoms with Crippen molar-refractivity contribution in [2.75, 3.05) is 18.5 Å². The van der Waals surface area contributed by atoms with Crippen molar-refractivity contribution in [3.05, 3.63) is 41.7 Å². The lowest BCUT2D eigenvalue weighted by molar-refractivity contribution is 0.870. The van der Waals surface area contributed by atoms with Crippen molar-refractivity contribution in [1.82, 2.24) is 9.97 Å². The molecule has 0 aliphatic heterocycles. The van der Waals surface area contributed by atoms with Gasteiger partial charge in [-0.05, 0) is 24.1 Å². The summed E-state index contributed by atoms with van der Waals surface area (Å²) in [7, 11) is 2.07. The van der Waals surface area contributed by atoms with Crippen LogP contribution < -0.4 is 4.90 Å². The molecule has 0 aliphatic carbocycles. The Kier molecular flexibility index (Phi) is 3.29. The highest BCUT2D eigenvalue weighted by Gasteiger charge is 2.02. The molecule has 0 atom stereocenters. The van der Waals surface area contributed by atoms with E-state index in [1.807, 2.05) is 24.0 Å². The van der Waals surface area contributed by atoms with Crippen LogP contribution in [0.2, 0.25) is 0 Å². The summed E-state index contributed by atoms with van der Waals surface area (Å²) in [5.41, 5.74) is 1.31. The quantitative estimate of drug-likeness (QED) is 0.789. The summed E-state index contributed by atoms with van der Waals surface area (Å²) in [6, 6.07) is 4.10. The molecule has 3 nitrogen and oxygen atoms in total. The van der Waals surface area contributed by atoms with E-state index < -0.39 is 0 Å². The van der Waals surface area contributed by atoms with Gasteiger partial charge in [0, 0.05) is 37.6 Å². The third kappa shape index (κ3) is 2.76. The molecule has 2 rings (SSSR count). The molecular weight excluding hydrogens is 206 g/mol. The van der Waals surface area contributed by atoms with Crippen LogP contribution in [-0.2, 0) is 6.42 Å². The number of likely N-dealkylation sites (N-methyl/N-ethyl adjacent to an activating group) is 1. The minimum atomic E-state index is 0.984. The maximum Gasteiger partial charge on any atom is 0.184 e. The van der Waals surface area contributed by atoms with Crippen molar-refractivity contribution in [3.8, 4) is 0 Å². The van der Waals surface area contributed by atoms with Crippen molar-refractivity contribution in [2.45, 2.75) is 6.42 Å². The van der Waals surface area contributed by atoms with Gasteiger partial charge >= 0.3 is 0 Å². The highest BCUT2D eigenvalue weighted by molar-refractivity contribution is 7.13. The molecule has 2 aromatic rings. The number of nitrogens with zero attached hydrogens (tertiary/aromatic N) is 3. The third-order valence-electron chi connectivity index (χ3n) is 2.23. The predicted octanol–water partition coefficient (Wildman–Crippen LogP) is 2.22. The lowest BCUT2D eigenvalue weighted by atomic mass is 10.2. The predicted molar refractivity (Wildman–Crippen MR) is 63.3 cm³/mol. The minimum absolute atomic E-state index is 0.984. The van der Waals surface area contributed by atoms with E-state index in [0.717, 1.165) is 18.1 Å². The summed E-state index contributed by atoms with van der Waals surface area (Å²) >= 11 is 1.67. The Labute approximate surface area is 93.4 Å². The molecule has 0 aromatic carbocycles. The van der Waals surface area contributed by atoms with Crippen LogP contribution in [0.3, 0.4) is 0 Å². The molecule has 4 heteroatoms. The molecule has 0 radical (unpaired) electrons. The fourth-order valence-electron chi connectivity index (χ4n) is 1.35. The summed E-state index contributed by atoms with van der Waals surface area (Å²) in [6.07, 6.45) is 6.53. The Morgan fingerprint density at radius 2 is 2.07 bits per heavy atom. The van der Waals surface area contributed by atoms with Crippen molar-refractivity contribution in [1.29, 1.82) is 0 Å². The number of pyridine rings is 1. The van der Waals surface area contributed by atoms with Crippen LogP contribution in [-0.4, -0.2) is 23.6 Å². The van der Waals surface area contributed by atoms with Crippen molar-refractivity contribution in [2.24, 2.45) is 0 Å². The molecule has 0 spiro atoms. The maximum absolute atomic E-state index is 4.26. The van der Waals surface area contributed by atoms with Gasteiger partial charge in [-0.2, -0.15) is 0 Å². The van der Waals surface area contributed by atoms with Crippen molar-refractivity contribution in [3.63, 3.8) is 0 Å². The standard InChI is InChI=1S/C11H13N3S/c1-14(11-13-7-9-15-11)8-4-10-2-5-12-6-3-10/h2-3,5-7,9H,4,8H2,1H3. The zero-order valence-electron chi connectivity index (χ0n) is 8.63. The Morgan fingerprint density at radius 3 is 2.73 bits per heavy atom. The molecule has 0 aliphatic rings. The molecule has 0 fully saturated rings. The first-order valence-electron chi connectivity index (χ1n) is 4.86. The minimum Gasteiger partial charge on any atom is -0.351 e. The number of hydrogen-bond donors (Lipinski definition) is 0. The van der Waals surface area contributed by atoms with Gasteiger partial charge in [-0.1, -0.05) is 0 Å². The van der Waals surface area contributed by atoms with E-state index in [1.54, 1.807) is 11.3 Å². The van der Waals surface area contributed by atoms with E-state index in [2.05, 4.69) is 34.0 Å². The summed E-state index contributed by atoms with van der Waals surface area (Å²) in [5.74, 6) is 0. The maximum atomic E-state index is 4.26. The monoisotopic (exact) mass is 219 g/mol. The average Bonchev–Trinajstić information content (AvgIpc) is 2.81. The summed E-state index contributed by atoms with van der Waals surface area (Å²) < 4.78 is 0.